The number of rotatable bonds is 3. The van der Waals surface area contributed by atoms with Crippen molar-refractivity contribution in [3.63, 3.8) is 0 Å². The van der Waals surface area contributed by atoms with Gasteiger partial charge in [-0.1, -0.05) is 18.2 Å². The van der Waals surface area contributed by atoms with Gasteiger partial charge in [0.05, 0.1) is 10.6 Å². The molecule has 1 rings (SSSR count). The third-order valence-corrected chi connectivity index (χ3v) is 2.03. The van der Waals surface area contributed by atoms with Crippen LogP contribution in [0.15, 0.2) is 30.4 Å². The SMILES string of the molecule is C=C(C)C(=O)Oc1ccc(C(=O)O)cc1Cl. The zero-order valence-corrected chi connectivity index (χ0v) is 9.25. The average molecular weight is 241 g/mol. The van der Waals surface area contributed by atoms with Crippen LogP contribution >= 0.6 is 11.6 Å². The zero-order valence-electron chi connectivity index (χ0n) is 8.49. The maximum absolute atomic E-state index is 11.2. The second-order valence-electron chi connectivity index (χ2n) is 3.12. The van der Waals surface area contributed by atoms with E-state index >= 15 is 0 Å². The van der Waals surface area contributed by atoms with Crippen LogP contribution in [0.5, 0.6) is 5.75 Å². The fourth-order valence-electron chi connectivity index (χ4n) is 0.904. The van der Waals surface area contributed by atoms with Crippen LogP contribution in [0.3, 0.4) is 0 Å². The number of ether oxygens (including phenoxy) is 1. The van der Waals surface area contributed by atoms with Crippen molar-refractivity contribution in [3.8, 4) is 5.75 Å². The Bertz CT molecular complexity index is 465. The number of hydrogen-bond donors (Lipinski definition) is 1. The smallest absolute Gasteiger partial charge is 0.338 e. The van der Waals surface area contributed by atoms with Crippen LogP contribution in [0.25, 0.3) is 0 Å². The maximum Gasteiger partial charge on any atom is 0.338 e. The molecule has 1 N–H and O–H groups in total. The molecule has 0 aliphatic heterocycles. The first-order valence-electron chi connectivity index (χ1n) is 4.32. The number of carboxylic acid groups (broad SMARTS) is 1. The van der Waals surface area contributed by atoms with Gasteiger partial charge in [0.15, 0.2) is 0 Å². The Balaban J connectivity index is 2.96. The van der Waals surface area contributed by atoms with E-state index in [0.717, 1.165) is 0 Å². The minimum absolute atomic E-state index is 0.0279. The van der Waals surface area contributed by atoms with Crippen molar-refractivity contribution in [1.29, 1.82) is 0 Å². The highest BCUT2D eigenvalue weighted by Gasteiger charge is 2.11. The molecule has 84 valence electrons. The largest absolute Gasteiger partial charge is 0.478 e. The van der Waals surface area contributed by atoms with Crippen LogP contribution in [0.2, 0.25) is 5.02 Å². The lowest BCUT2D eigenvalue weighted by Crippen LogP contribution is -2.08. The van der Waals surface area contributed by atoms with Crippen LogP contribution < -0.4 is 4.74 Å². The number of aromatic carboxylic acids is 1. The molecule has 4 nitrogen and oxygen atoms in total. The lowest BCUT2D eigenvalue weighted by molar-refractivity contribution is -0.130. The standard InChI is InChI=1S/C11H9ClO4/c1-6(2)11(15)16-9-4-3-7(10(13)14)5-8(9)12/h3-5H,1H2,2H3,(H,13,14). The van der Waals surface area contributed by atoms with E-state index in [1.165, 1.54) is 25.1 Å². The van der Waals surface area contributed by atoms with Gasteiger partial charge < -0.3 is 9.84 Å². The Morgan fingerprint density at radius 3 is 2.50 bits per heavy atom. The molecule has 0 unspecified atom stereocenters. The van der Waals surface area contributed by atoms with E-state index in [0.29, 0.717) is 0 Å². The van der Waals surface area contributed by atoms with Crippen molar-refractivity contribution in [2.75, 3.05) is 0 Å². The minimum atomic E-state index is -1.10. The molecule has 0 aromatic heterocycles. The zero-order chi connectivity index (χ0) is 12.3. The summed E-state index contributed by atoms with van der Waals surface area (Å²) < 4.78 is 4.88. The first-order valence-corrected chi connectivity index (χ1v) is 4.70. The van der Waals surface area contributed by atoms with Crippen molar-refractivity contribution in [2.24, 2.45) is 0 Å². The number of hydrogen-bond acceptors (Lipinski definition) is 3. The third-order valence-electron chi connectivity index (χ3n) is 1.73. The Hall–Kier alpha value is -1.81. The van der Waals surface area contributed by atoms with Crippen molar-refractivity contribution in [2.45, 2.75) is 6.92 Å². The van der Waals surface area contributed by atoms with Crippen LogP contribution in [0.1, 0.15) is 17.3 Å². The number of carboxylic acids is 1. The number of halogens is 1. The molecule has 0 aliphatic carbocycles. The molecular formula is C11H9ClO4. The van der Waals surface area contributed by atoms with Gasteiger partial charge in [-0.25, -0.2) is 9.59 Å². The van der Waals surface area contributed by atoms with E-state index in [4.69, 9.17) is 21.4 Å². The lowest BCUT2D eigenvalue weighted by Gasteiger charge is -2.06. The van der Waals surface area contributed by atoms with Crippen molar-refractivity contribution >= 4 is 23.5 Å². The molecule has 0 atom stereocenters. The van der Waals surface area contributed by atoms with Gasteiger partial charge in [-0.3, -0.25) is 0 Å². The highest BCUT2D eigenvalue weighted by atomic mass is 35.5. The van der Waals surface area contributed by atoms with Crippen LogP contribution in [-0.4, -0.2) is 17.0 Å². The van der Waals surface area contributed by atoms with Crippen LogP contribution in [-0.2, 0) is 4.79 Å². The number of esters is 1. The Morgan fingerprint density at radius 1 is 1.44 bits per heavy atom. The Kier molecular flexibility index (Phi) is 3.68. The fraction of sp³-hybridized carbons (Fsp3) is 0.0909. The molecule has 5 heteroatoms. The van der Waals surface area contributed by atoms with Gasteiger partial charge in [-0.15, -0.1) is 0 Å². The summed E-state index contributed by atoms with van der Waals surface area (Å²) in [5.74, 6) is -1.59. The van der Waals surface area contributed by atoms with Crippen LogP contribution in [0.4, 0.5) is 0 Å². The molecule has 1 aromatic carbocycles. The van der Waals surface area contributed by atoms with Crippen molar-refractivity contribution in [3.05, 3.63) is 40.9 Å². The maximum atomic E-state index is 11.2. The molecule has 0 radical (unpaired) electrons. The molecule has 0 saturated carbocycles. The van der Waals surface area contributed by atoms with Gasteiger partial charge in [-0.05, 0) is 25.1 Å². The number of benzene rings is 1. The van der Waals surface area contributed by atoms with E-state index in [1.54, 1.807) is 0 Å². The predicted octanol–water partition coefficient (Wildman–Crippen LogP) is 2.52. The average Bonchev–Trinajstić information content (AvgIpc) is 2.20. The third kappa shape index (κ3) is 2.84. The Morgan fingerprint density at radius 2 is 2.06 bits per heavy atom. The summed E-state index contributed by atoms with van der Waals surface area (Å²) in [5.41, 5.74) is 0.263. The second kappa shape index (κ2) is 4.81. The summed E-state index contributed by atoms with van der Waals surface area (Å²) in [7, 11) is 0. The molecule has 16 heavy (non-hydrogen) atoms. The number of carbonyl (C=O) groups excluding carboxylic acids is 1. The summed E-state index contributed by atoms with van der Waals surface area (Å²) in [6.07, 6.45) is 0. The topological polar surface area (TPSA) is 63.6 Å². The summed E-state index contributed by atoms with van der Waals surface area (Å²) in [6, 6.07) is 3.84. The van der Waals surface area contributed by atoms with Crippen molar-refractivity contribution < 1.29 is 19.4 Å². The molecule has 0 heterocycles. The quantitative estimate of drug-likeness (QED) is 0.501. The van der Waals surface area contributed by atoms with Gasteiger partial charge in [0.25, 0.3) is 0 Å². The molecule has 0 bridgehead atoms. The molecular weight excluding hydrogens is 232 g/mol. The summed E-state index contributed by atoms with van der Waals surface area (Å²) in [4.78, 5) is 21.8. The van der Waals surface area contributed by atoms with Gasteiger partial charge in [0.1, 0.15) is 5.75 Å². The molecule has 0 spiro atoms. The summed E-state index contributed by atoms with van der Waals surface area (Å²) in [6.45, 7) is 4.92. The van der Waals surface area contributed by atoms with E-state index in [2.05, 4.69) is 6.58 Å². The summed E-state index contributed by atoms with van der Waals surface area (Å²) >= 11 is 5.75. The highest BCUT2D eigenvalue weighted by Crippen LogP contribution is 2.26. The van der Waals surface area contributed by atoms with E-state index in [1.807, 2.05) is 0 Å². The predicted molar refractivity (Wildman–Crippen MR) is 58.9 cm³/mol. The lowest BCUT2D eigenvalue weighted by atomic mass is 10.2. The minimum Gasteiger partial charge on any atom is -0.478 e. The molecule has 1 aromatic rings. The summed E-state index contributed by atoms with van der Waals surface area (Å²) in [5, 5.41) is 8.75. The fourth-order valence-corrected chi connectivity index (χ4v) is 1.12. The highest BCUT2D eigenvalue weighted by molar-refractivity contribution is 6.32. The van der Waals surface area contributed by atoms with E-state index in [9.17, 15) is 9.59 Å². The van der Waals surface area contributed by atoms with Gasteiger partial charge in [0, 0.05) is 5.57 Å². The first-order chi connectivity index (χ1) is 7.41. The van der Waals surface area contributed by atoms with Gasteiger partial charge >= 0.3 is 11.9 Å². The van der Waals surface area contributed by atoms with E-state index < -0.39 is 11.9 Å². The number of carbonyl (C=O) groups is 2. The van der Waals surface area contributed by atoms with Crippen LogP contribution in [0, 0.1) is 0 Å². The molecule has 0 saturated heterocycles. The van der Waals surface area contributed by atoms with E-state index in [-0.39, 0.29) is 21.9 Å². The Labute approximate surface area is 97.1 Å². The normalized spacial score (nSPS) is 9.62. The first kappa shape index (κ1) is 12.3. The van der Waals surface area contributed by atoms with Gasteiger partial charge in [-0.2, -0.15) is 0 Å². The second-order valence-corrected chi connectivity index (χ2v) is 3.53. The monoisotopic (exact) mass is 240 g/mol. The molecule has 0 fully saturated rings. The molecule has 0 aliphatic rings. The van der Waals surface area contributed by atoms with Crippen molar-refractivity contribution in [1.82, 2.24) is 0 Å². The van der Waals surface area contributed by atoms with Gasteiger partial charge in [0.2, 0.25) is 0 Å². The molecule has 0 amide bonds.